The van der Waals surface area contributed by atoms with Crippen LogP contribution in [0, 0.1) is 0 Å². The van der Waals surface area contributed by atoms with Gasteiger partial charge < -0.3 is 15.6 Å². The van der Waals surface area contributed by atoms with Crippen LogP contribution in [0.3, 0.4) is 0 Å². The zero-order valence-corrected chi connectivity index (χ0v) is 10.4. The maximum Gasteiger partial charge on any atom is 0.215 e. The average molecular weight is 252 g/mol. The van der Waals surface area contributed by atoms with Gasteiger partial charge in [-0.3, -0.25) is 0 Å². The molecule has 0 atom stereocenters. The molecule has 1 aliphatic heterocycles. The van der Waals surface area contributed by atoms with E-state index in [1.807, 2.05) is 0 Å². The number of hydrogen-bond donors (Lipinski definition) is 2. The van der Waals surface area contributed by atoms with E-state index in [0.717, 1.165) is 0 Å². The molecule has 0 saturated carbocycles. The molecule has 1 rings (SSSR count). The van der Waals surface area contributed by atoms with E-state index in [0.29, 0.717) is 26.1 Å². The average Bonchev–Trinajstić information content (AvgIpc) is 2.17. The standard InChI is InChI=1S/C9H20N2O4S/c1-11(16(13,14)7-4-10)8-9(12)2-5-15-6-3-9/h12H,2-8,10H2,1H3. The van der Waals surface area contributed by atoms with Crippen molar-refractivity contribution in [3.63, 3.8) is 0 Å². The van der Waals surface area contributed by atoms with E-state index in [-0.39, 0.29) is 18.8 Å². The second kappa shape index (κ2) is 5.42. The Labute approximate surface area is 96.4 Å². The van der Waals surface area contributed by atoms with Crippen LogP contribution < -0.4 is 5.73 Å². The number of ether oxygens (including phenoxy) is 1. The molecule has 0 amide bonds. The minimum Gasteiger partial charge on any atom is -0.388 e. The lowest BCUT2D eigenvalue weighted by Gasteiger charge is -2.34. The third kappa shape index (κ3) is 3.67. The summed E-state index contributed by atoms with van der Waals surface area (Å²) in [6, 6.07) is 0. The van der Waals surface area contributed by atoms with Gasteiger partial charge in [0.25, 0.3) is 0 Å². The fourth-order valence-electron chi connectivity index (χ4n) is 1.73. The highest BCUT2D eigenvalue weighted by atomic mass is 32.2. The molecule has 6 nitrogen and oxygen atoms in total. The Bertz CT molecular complexity index is 311. The van der Waals surface area contributed by atoms with Gasteiger partial charge in [-0.1, -0.05) is 0 Å². The fourth-order valence-corrected chi connectivity index (χ4v) is 2.77. The summed E-state index contributed by atoms with van der Waals surface area (Å²) in [5.41, 5.74) is 4.27. The quantitative estimate of drug-likeness (QED) is 0.637. The van der Waals surface area contributed by atoms with E-state index < -0.39 is 15.6 Å². The molecule has 0 aromatic heterocycles. The van der Waals surface area contributed by atoms with Gasteiger partial charge in [-0.2, -0.15) is 0 Å². The smallest absolute Gasteiger partial charge is 0.215 e. The Morgan fingerprint density at radius 1 is 1.44 bits per heavy atom. The molecular formula is C9H20N2O4S. The highest BCUT2D eigenvalue weighted by molar-refractivity contribution is 7.89. The van der Waals surface area contributed by atoms with Gasteiger partial charge in [-0.15, -0.1) is 0 Å². The first-order valence-electron chi connectivity index (χ1n) is 5.34. The van der Waals surface area contributed by atoms with Gasteiger partial charge in [0.2, 0.25) is 10.0 Å². The highest BCUT2D eigenvalue weighted by Crippen LogP contribution is 2.22. The predicted octanol–water partition coefficient (Wildman–Crippen LogP) is -1.25. The Morgan fingerprint density at radius 3 is 2.50 bits per heavy atom. The second-order valence-electron chi connectivity index (χ2n) is 4.20. The highest BCUT2D eigenvalue weighted by Gasteiger charge is 2.33. The first-order valence-corrected chi connectivity index (χ1v) is 6.95. The van der Waals surface area contributed by atoms with Gasteiger partial charge >= 0.3 is 0 Å². The van der Waals surface area contributed by atoms with Crippen molar-refractivity contribution in [2.75, 3.05) is 39.1 Å². The molecule has 0 aromatic rings. The molecule has 3 N–H and O–H groups in total. The summed E-state index contributed by atoms with van der Waals surface area (Å²) in [6.45, 7) is 1.15. The number of hydrogen-bond acceptors (Lipinski definition) is 5. The minimum absolute atomic E-state index is 0.0872. The molecule has 0 aliphatic carbocycles. The maximum absolute atomic E-state index is 11.7. The van der Waals surface area contributed by atoms with Crippen molar-refractivity contribution in [2.24, 2.45) is 5.73 Å². The number of nitrogens with zero attached hydrogens (tertiary/aromatic N) is 1. The molecule has 0 spiro atoms. The number of rotatable bonds is 5. The molecule has 16 heavy (non-hydrogen) atoms. The van der Waals surface area contributed by atoms with Crippen LogP contribution >= 0.6 is 0 Å². The molecular weight excluding hydrogens is 232 g/mol. The molecule has 1 aliphatic rings. The zero-order valence-electron chi connectivity index (χ0n) is 9.55. The van der Waals surface area contributed by atoms with Gasteiger partial charge in [-0.05, 0) is 0 Å². The zero-order chi connectivity index (χ0) is 12.2. The van der Waals surface area contributed by atoms with Crippen LogP contribution in [0.25, 0.3) is 0 Å². The molecule has 96 valence electrons. The van der Waals surface area contributed by atoms with E-state index >= 15 is 0 Å². The summed E-state index contributed by atoms with van der Waals surface area (Å²) in [6.07, 6.45) is 0.935. The first-order chi connectivity index (χ1) is 7.40. The van der Waals surface area contributed by atoms with Crippen LogP contribution in [-0.4, -0.2) is 62.5 Å². The molecule has 7 heteroatoms. The summed E-state index contributed by atoms with van der Waals surface area (Å²) in [5.74, 6) is -0.0872. The molecule has 0 aromatic carbocycles. The lowest BCUT2D eigenvalue weighted by molar-refractivity contribution is -0.0689. The normalized spacial score (nSPS) is 21.2. The summed E-state index contributed by atoms with van der Waals surface area (Å²) in [5, 5.41) is 10.2. The van der Waals surface area contributed by atoms with Gasteiger partial charge in [0.15, 0.2) is 0 Å². The van der Waals surface area contributed by atoms with Crippen LogP contribution in [0.15, 0.2) is 0 Å². The van der Waals surface area contributed by atoms with Gasteiger partial charge in [0, 0.05) is 46.2 Å². The fraction of sp³-hybridized carbons (Fsp3) is 1.00. The molecule has 0 bridgehead atoms. The topological polar surface area (TPSA) is 92.9 Å². The van der Waals surface area contributed by atoms with Crippen molar-refractivity contribution in [1.29, 1.82) is 0 Å². The predicted molar refractivity (Wildman–Crippen MR) is 60.5 cm³/mol. The van der Waals surface area contributed by atoms with E-state index in [1.54, 1.807) is 0 Å². The van der Waals surface area contributed by atoms with Crippen LogP contribution in [0.1, 0.15) is 12.8 Å². The summed E-state index contributed by atoms with van der Waals surface area (Å²) in [4.78, 5) is 0. The second-order valence-corrected chi connectivity index (χ2v) is 6.39. The monoisotopic (exact) mass is 252 g/mol. The lowest BCUT2D eigenvalue weighted by atomic mass is 9.95. The van der Waals surface area contributed by atoms with Crippen molar-refractivity contribution >= 4 is 10.0 Å². The lowest BCUT2D eigenvalue weighted by Crippen LogP contribution is -2.48. The van der Waals surface area contributed by atoms with Gasteiger partial charge in [0.05, 0.1) is 11.4 Å². The number of likely N-dealkylation sites (N-methyl/N-ethyl adjacent to an activating group) is 1. The Balaban J connectivity index is 2.59. The SMILES string of the molecule is CN(CC1(O)CCOCC1)S(=O)(=O)CCN. The van der Waals surface area contributed by atoms with Crippen molar-refractivity contribution in [1.82, 2.24) is 4.31 Å². The number of sulfonamides is 1. The van der Waals surface area contributed by atoms with Gasteiger partial charge in [-0.25, -0.2) is 12.7 Å². The van der Waals surface area contributed by atoms with Crippen molar-refractivity contribution in [3.05, 3.63) is 0 Å². The molecule has 0 radical (unpaired) electrons. The van der Waals surface area contributed by atoms with E-state index in [2.05, 4.69) is 0 Å². The van der Waals surface area contributed by atoms with Crippen molar-refractivity contribution in [2.45, 2.75) is 18.4 Å². The van der Waals surface area contributed by atoms with Crippen LogP contribution in [-0.2, 0) is 14.8 Å². The van der Waals surface area contributed by atoms with E-state index in [1.165, 1.54) is 11.4 Å². The van der Waals surface area contributed by atoms with Crippen LogP contribution in [0.4, 0.5) is 0 Å². The Morgan fingerprint density at radius 2 is 2.00 bits per heavy atom. The first kappa shape index (κ1) is 13.9. The van der Waals surface area contributed by atoms with E-state index in [9.17, 15) is 13.5 Å². The molecule has 1 fully saturated rings. The molecule has 0 unspecified atom stereocenters. The summed E-state index contributed by atoms with van der Waals surface area (Å²) in [7, 11) is -1.87. The van der Waals surface area contributed by atoms with Crippen LogP contribution in [0.2, 0.25) is 0 Å². The van der Waals surface area contributed by atoms with E-state index in [4.69, 9.17) is 10.5 Å². The third-order valence-electron chi connectivity index (χ3n) is 2.79. The summed E-state index contributed by atoms with van der Waals surface area (Å²) >= 11 is 0. The van der Waals surface area contributed by atoms with Crippen molar-refractivity contribution in [3.8, 4) is 0 Å². The molecule has 1 saturated heterocycles. The van der Waals surface area contributed by atoms with Gasteiger partial charge in [0.1, 0.15) is 0 Å². The van der Waals surface area contributed by atoms with Crippen molar-refractivity contribution < 1.29 is 18.3 Å². The number of nitrogens with two attached hydrogens (primary N) is 1. The van der Waals surface area contributed by atoms with Crippen LogP contribution in [0.5, 0.6) is 0 Å². The largest absolute Gasteiger partial charge is 0.388 e. The third-order valence-corrected chi connectivity index (χ3v) is 4.62. The minimum atomic E-state index is -3.34. The Kier molecular flexibility index (Phi) is 4.69. The Hall–Kier alpha value is -0.210. The maximum atomic E-state index is 11.7. The number of aliphatic hydroxyl groups is 1. The molecule has 1 heterocycles. The summed E-state index contributed by atoms with van der Waals surface area (Å²) < 4.78 is 29.6.